The largest absolute Gasteiger partial charge is 0.482 e. The molecule has 0 atom stereocenters. The van der Waals surface area contributed by atoms with Crippen LogP contribution in [0.1, 0.15) is 18.2 Å². The lowest BCUT2D eigenvalue weighted by atomic mass is 10.2. The Morgan fingerprint density at radius 3 is 2.73 bits per heavy atom. The second kappa shape index (κ2) is 4.63. The third kappa shape index (κ3) is 2.83. The molecule has 0 aliphatic rings. The minimum absolute atomic E-state index is 0.142. The fraction of sp³-hybridized carbons (Fsp3) is 0.400. The normalized spacial score (nSPS) is 9.80. The van der Waals surface area contributed by atoms with E-state index in [4.69, 9.17) is 4.74 Å². The number of carbonyl (C=O) groups excluding carboxylic acids is 1. The van der Waals surface area contributed by atoms with E-state index in [-0.39, 0.29) is 17.9 Å². The number of aryl methyl sites for hydroxylation is 1. The Kier molecular flexibility index (Phi) is 3.49. The van der Waals surface area contributed by atoms with Gasteiger partial charge < -0.3 is 15.0 Å². The molecule has 82 valence electrons. The number of nitrogens with one attached hydrogen (secondary N) is 2. The van der Waals surface area contributed by atoms with Gasteiger partial charge in [0.05, 0.1) is 7.11 Å². The molecular formula is C10H14N2O3. The summed E-state index contributed by atoms with van der Waals surface area (Å²) < 4.78 is 4.91. The van der Waals surface area contributed by atoms with Gasteiger partial charge in [0.15, 0.2) is 11.3 Å². The van der Waals surface area contributed by atoms with E-state index in [0.29, 0.717) is 17.1 Å². The van der Waals surface area contributed by atoms with Crippen LogP contribution in [0.2, 0.25) is 0 Å². The van der Waals surface area contributed by atoms with Gasteiger partial charge in [-0.3, -0.25) is 9.59 Å². The summed E-state index contributed by atoms with van der Waals surface area (Å²) >= 11 is 0. The first kappa shape index (κ1) is 11.3. The zero-order valence-electron chi connectivity index (χ0n) is 9.01. The third-order valence-electron chi connectivity index (χ3n) is 2.06. The number of rotatable bonds is 3. The van der Waals surface area contributed by atoms with E-state index in [1.807, 2.05) is 0 Å². The Morgan fingerprint density at radius 2 is 2.27 bits per heavy atom. The van der Waals surface area contributed by atoms with Gasteiger partial charge in [0, 0.05) is 30.8 Å². The Balaban J connectivity index is 2.98. The number of ether oxygens (including phenoxy) is 1. The summed E-state index contributed by atoms with van der Waals surface area (Å²) in [6, 6.07) is 1.37. The lowest BCUT2D eigenvalue weighted by molar-refractivity contribution is -0.119. The fourth-order valence-corrected chi connectivity index (χ4v) is 1.23. The van der Waals surface area contributed by atoms with Gasteiger partial charge in [-0.05, 0) is 6.92 Å². The van der Waals surface area contributed by atoms with Gasteiger partial charge in [-0.2, -0.15) is 0 Å². The van der Waals surface area contributed by atoms with E-state index in [1.165, 1.54) is 20.1 Å². The summed E-state index contributed by atoms with van der Waals surface area (Å²) in [6.45, 7) is 3.41. The van der Waals surface area contributed by atoms with E-state index < -0.39 is 0 Å². The van der Waals surface area contributed by atoms with Gasteiger partial charge in [-0.1, -0.05) is 0 Å². The summed E-state index contributed by atoms with van der Waals surface area (Å²) in [7, 11) is 1.48. The molecule has 5 nitrogen and oxygen atoms in total. The molecule has 15 heavy (non-hydrogen) atoms. The van der Waals surface area contributed by atoms with Crippen molar-refractivity contribution in [1.82, 2.24) is 10.3 Å². The molecule has 2 N–H and O–H groups in total. The average molecular weight is 210 g/mol. The zero-order chi connectivity index (χ0) is 11.4. The molecule has 1 aromatic rings. The Morgan fingerprint density at radius 1 is 1.60 bits per heavy atom. The SMILES string of the molecule is COc1cc(=O)c(CNC(C)=O)c(C)[nH]1. The number of hydrogen-bond acceptors (Lipinski definition) is 3. The molecule has 0 saturated heterocycles. The highest BCUT2D eigenvalue weighted by Gasteiger charge is 2.06. The number of H-pyrrole nitrogens is 1. The van der Waals surface area contributed by atoms with Crippen LogP contribution in [-0.2, 0) is 11.3 Å². The number of aromatic amines is 1. The summed E-state index contributed by atoms with van der Waals surface area (Å²) in [4.78, 5) is 25.2. The lowest BCUT2D eigenvalue weighted by Crippen LogP contribution is -2.24. The quantitative estimate of drug-likeness (QED) is 0.755. The maximum absolute atomic E-state index is 11.6. The standard InChI is InChI=1S/C10H14N2O3/c1-6-8(5-11-7(2)13)9(14)4-10(12-6)15-3/h4H,5H2,1-3H3,(H,11,13)(H,12,14). The number of carbonyl (C=O) groups is 1. The molecule has 0 unspecified atom stereocenters. The predicted molar refractivity (Wildman–Crippen MR) is 55.9 cm³/mol. The van der Waals surface area contributed by atoms with E-state index in [1.54, 1.807) is 6.92 Å². The Hall–Kier alpha value is -1.78. The monoisotopic (exact) mass is 210 g/mol. The zero-order valence-corrected chi connectivity index (χ0v) is 9.01. The number of methoxy groups -OCH3 is 1. The molecule has 1 heterocycles. The van der Waals surface area contributed by atoms with Crippen molar-refractivity contribution in [3.8, 4) is 5.88 Å². The smallest absolute Gasteiger partial charge is 0.217 e. The fourth-order valence-electron chi connectivity index (χ4n) is 1.23. The molecule has 0 fully saturated rings. The predicted octanol–water partition coefficient (Wildman–Crippen LogP) is 0.328. The number of hydrogen-bond donors (Lipinski definition) is 2. The highest BCUT2D eigenvalue weighted by atomic mass is 16.5. The summed E-state index contributed by atoms with van der Waals surface area (Å²) in [5.41, 5.74) is 1.11. The van der Waals surface area contributed by atoms with Gasteiger partial charge in [0.2, 0.25) is 5.91 Å². The molecule has 1 rings (SSSR count). The highest BCUT2D eigenvalue weighted by molar-refractivity contribution is 5.72. The van der Waals surface area contributed by atoms with E-state index in [2.05, 4.69) is 10.3 Å². The average Bonchev–Trinajstić information content (AvgIpc) is 2.15. The molecule has 0 saturated carbocycles. The van der Waals surface area contributed by atoms with Gasteiger partial charge in [-0.15, -0.1) is 0 Å². The minimum Gasteiger partial charge on any atom is -0.482 e. The van der Waals surface area contributed by atoms with Crippen LogP contribution in [0.15, 0.2) is 10.9 Å². The molecule has 0 aliphatic carbocycles. The molecule has 1 amide bonds. The molecular weight excluding hydrogens is 196 g/mol. The van der Waals surface area contributed by atoms with Crippen LogP contribution in [0.4, 0.5) is 0 Å². The van der Waals surface area contributed by atoms with E-state index >= 15 is 0 Å². The van der Waals surface area contributed by atoms with Crippen LogP contribution >= 0.6 is 0 Å². The summed E-state index contributed by atoms with van der Waals surface area (Å²) in [5.74, 6) is 0.258. The maximum atomic E-state index is 11.6. The van der Waals surface area contributed by atoms with Gasteiger partial charge in [-0.25, -0.2) is 0 Å². The van der Waals surface area contributed by atoms with Crippen molar-refractivity contribution in [2.75, 3.05) is 7.11 Å². The molecule has 0 spiro atoms. The molecule has 0 bridgehead atoms. The first-order valence-corrected chi connectivity index (χ1v) is 4.56. The van der Waals surface area contributed by atoms with Crippen molar-refractivity contribution in [1.29, 1.82) is 0 Å². The van der Waals surface area contributed by atoms with Crippen LogP contribution in [0.25, 0.3) is 0 Å². The first-order valence-electron chi connectivity index (χ1n) is 4.56. The number of aromatic nitrogens is 1. The van der Waals surface area contributed by atoms with Crippen LogP contribution in [0.3, 0.4) is 0 Å². The van der Waals surface area contributed by atoms with Gasteiger partial charge in [0.1, 0.15) is 0 Å². The molecule has 5 heteroatoms. The maximum Gasteiger partial charge on any atom is 0.217 e. The van der Waals surface area contributed by atoms with Crippen molar-refractivity contribution < 1.29 is 9.53 Å². The van der Waals surface area contributed by atoms with Crippen molar-refractivity contribution in [2.24, 2.45) is 0 Å². The third-order valence-corrected chi connectivity index (χ3v) is 2.06. The van der Waals surface area contributed by atoms with Crippen molar-refractivity contribution in [3.05, 3.63) is 27.5 Å². The van der Waals surface area contributed by atoms with Crippen molar-refractivity contribution in [3.63, 3.8) is 0 Å². The van der Waals surface area contributed by atoms with Crippen molar-refractivity contribution >= 4 is 5.91 Å². The van der Waals surface area contributed by atoms with Gasteiger partial charge in [0.25, 0.3) is 0 Å². The van der Waals surface area contributed by atoms with Crippen LogP contribution < -0.4 is 15.5 Å². The number of pyridine rings is 1. The number of amides is 1. The highest BCUT2D eigenvalue weighted by Crippen LogP contribution is 2.06. The van der Waals surface area contributed by atoms with Crippen molar-refractivity contribution in [2.45, 2.75) is 20.4 Å². The first-order chi connectivity index (χ1) is 7.04. The van der Waals surface area contributed by atoms with Crippen LogP contribution in [0.5, 0.6) is 5.88 Å². The molecule has 0 radical (unpaired) electrons. The molecule has 1 aromatic heterocycles. The van der Waals surface area contributed by atoms with Crippen LogP contribution in [0, 0.1) is 6.92 Å². The second-order valence-electron chi connectivity index (χ2n) is 3.22. The van der Waals surface area contributed by atoms with Crippen LogP contribution in [-0.4, -0.2) is 18.0 Å². The van der Waals surface area contributed by atoms with E-state index in [9.17, 15) is 9.59 Å². The topological polar surface area (TPSA) is 71.2 Å². The Labute approximate surface area is 87.5 Å². The van der Waals surface area contributed by atoms with Gasteiger partial charge >= 0.3 is 0 Å². The summed E-state index contributed by atoms with van der Waals surface area (Å²) in [6.07, 6.45) is 0. The molecule has 0 aromatic carbocycles. The second-order valence-corrected chi connectivity index (χ2v) is 3.22. The minimum atomic E-state index is -0.162. The Bertz CT molecular complexity index is 423. The molecule has 0 aliphatic heterocycles. The van der Waals surface area contributed by atoms with E-state index in [0.717, 1.165) is 0 Å². The summed E-state index contributed by atoms with van der Waals surface area (Å²) in [5, 5.41) is 2.58. The lowest BCUT2D eigenvalue weighted by Gasteiger charge is -2.07.